The Bertz CT molecular complexity index is 614. The molecule has 1 fully saturated rings. The van der Waals surface area contributed by atoms with Crippen molar-refractivity contribution in [1.82, 2.24) is 0 Å². The zero-order chi connectivity index (χ0) is 15.0. The number of para-hydroxylation sites is 1. The second kappa shape index (κ2) is 5.76. The van der Waals surface area contributed by atoms with Crippen LogP contribution in [0.2, 0.25) is 0 Å². The van der Waals surface area contributed by atoms with Crippen LogP contribution in [0.1, 0.15) is 31.7 Å². The fourth-order valence-electron chi connectivity index (χ4n) is 2.90. The molecule has 1 radical (unpaired) electrons. The van der Waals surface area contributed by atoms with Gasteiger partial charge in [0.15, 0.2) is 0 Å². The lowest BCUT2D eigenvalue weighted by atomic mass is 9.95. The van der Waals surface area contributed by atoms with Crippen LogP contribution in [0, 0.1) is 6.42 Å². The van der Waals surface area contributed by atoms with Crippen molar-refractivity contribution >= 4 is 17.4 Å². The van der Waals surface area contributed by atoms with Crippen LogP contribution < -0.4 is 4.90 Å². The molecular weight excluding hydrogens is 274 g/mol. The quantitative estimate of drug-likeness (QED) is 0.679. The van der Waals surface area contributed by atoms with Crippen LogP contribution in [0.5, 0.6) is 0 Å². The molecular formula is C19H22NS. The Morgan fingerprint density at radius 3 is 2.81 bits per heavy atom. The molecule has 1 heterocycles. The van der Waals surface area contributed by atoms with Gasteiger partial charge in [-0.2, -0.15) is 0 Å². The molecule has 21 heavy (non-hydrogen) atoms. The smallest absolute Gasteiger partial charge is 0.0837 e. The number of thioether (sulfide) groups is 1. The van der Waals surface area contributed by atoms with E-state index in [2.05, 4.69) is 68.7 Å². The van der Waals surface area contributed by atoms with E-state index in [1.807, 2.05) is 11.8 Å². The van der Waals surface area contributed by atoms with Gasteiger partial charge in [-0.3, -0.25) is 0 Å². The second-order valence-electron chi connectivity index (χ2n) is 5.98. The fourth-order valence-corrected chi connectivity index (χ4v) is 4.24. The molecule has 1 aromatic rings. The maximum Gasteiger partial charge on any atom is 0.0837 e. The minimum Gasteiger partial charge on any atom is -0.332 e. The van der Waals surface area contributed by atoms with E-state index in [1.54, 1.807) is 0 Å². The number of benzene rings is 1. The van der Waals surface area contributed by atoms with Crippen LogP contribution in [0.15, 0.2) is 60.3 Å². The first kappa shape index (κ1) is 14.5. The van der Waals surface area contributed by atoms with Crippen LogP contribution in [0.3, 0.4) is 0 Å². The average Bonchev–Trinajstić information content (AvgIpc) is 3.23. The number of rotatable bonds is 5. The molecule has 1 nitrogen and oxygen atoms in total. The molecule has 0 amide bonds. The van der Waals surface area contributed by atoms with Crippen molar-refractivity contribution in [1.29, 1.82) is 0 Å². The van der Waals surface area contributed by atoms with Gasteiger partial charge in [0.05, 0.1) is 5.37 Å². The zero-order valence-electron chi connectivity index (χ0n) is 12.8. The Morgan fingerprint density at radius 2 is 2.14 bits per heavy atom. The molecule has 3 rings (SSSR count). The van der Waals surface area contributed by atoms with Crippen molar-refractivity contribution in [3.05, 3.63) is 72.3 Å². The van der Waals surface area contributed by atoms with Gasteiger partial charge in [0.2, 0.25) is 0 Å². The van der Waals surface area contributed by atoms with Crippen LogP contribution in [0.4, 0.5) is 5.69 Å². The molecule has 2 heteroatoms. The molecule has 1 aliphatic carbocycles. The summed E-state index contributed by atoms with van der Waals surface area (Å²) in [5.74, 6) is 1.47. The third-order valence-electron chi connectivity index (χ3n) is 4.12. The summed E-state index contributed by atoms with van der Waals surface area (Å²) in [4.78, 5) is 2.42. The van der Waals surface area contributed by atoms with Crippen molar-refractivity contribution in [2.75, 3.05) is 10.7 Å². The van der Waals surface area contributed by atoms with E-state index in [1.165, 1.54) is 28.1 Å². The Kier molecular flexibility index (Phi) is 3.99. The highest BCUT2D eigenvalue weighted by atomic mass is 32.2. The molecule has 109 valence electrons. The summed E-state index contributed by atoms with van der Waals surface area (Å²) in [5, 5.41) is 0.431. The summed E-state index contributed by atoms with van der Waals surface area (Å²) in [7, 11) is 0. The minimum atomic E-state index is 0.431. The highest BCUT2D eigenvalue weighted by Gasteiger charge is 2.31. The molecule has 1 saturated heterocycles. The monoisotopic (exact) mass is 296 g/mol. The minimum absolute atomic E-state index is 0.431. The van der Waals surface area contributed by atoms with Crippen molar-refractivity contribution in [3.63, 3.8) is 0 Å². The highest BCUT2D eigenvalue weighted by molar-refractivity contribution is 8.00. The lowest BCUT2D eigenvalue weighted by Crippen LogP contribution is -2.27. The summed E-state index contributed by atoms with van der Waals surface area (Å²) >= 11 is 1.97. The van der Waals surface area contributed by atoms with Crippen LogP contribution in [-0.2, 0) is 0 Å². The summed E-state index contributed by atoms with van der Waals surface area (Å²) in [5.41, 5.74) is 6.59. The third kappa shape index (κ3) is 2.96. The molecule has 1 aliphatic heterocycles. The molecule has 2 unspecified atom stereocenters. The number of allylic oxidation sites excluding steroid dienone is 2. The van der Waals surface area contributed by atoms with E-state index in [0.29, 0.717) is 11.3 Å². The molecule has 2 aliphatic rings. The number of hydrogen-bond donors (Lipinski definition) is 0. The highest BCUT2D eigenvalue weighted by Crippen LogP contribution is 2.44. The predicted molar refractivity (Wildman–Crippen MR) is 94.5 cm³/mol. The Hall–Kier alpha value is -1.41. The zero-order valence-corrected chi connectivity index (χ0v) is 13.6. The molecule has 0 N–H and O–H groups in total. The van der Waals surface area contributed by atoms with Crippen LogP contribution >= 0.6 is 11.8 Å². The van der Waals surface area contributed by atoms with Crippen molar-refractivity contribution in [2.24, 2.45) is 0 Å². The van der Waals surface area contributed by atoms with Crippen molar-refractivity contribution in [3.8, 4) is 0 Å². The molecule has 0 aromatic heterocycles. The van der Waals surface area contributed by atoms with Gasteiger partial charge in [0.1, 0.15) is 0 Å². The first-order valence-corrected chi connectivity index (χ1v) is 8.49. The largest absolute Gasteiger partial charge is 0.332 e. The van der Waals surface area contributed by atoms with E-state index in [-0.39, 0.29) is 0 Å². The topological polar surface area (TPSA) is 3.24 Å². The van der Waals surface area contributed by atoms with E-state index < -0.39 is 0 Å². The third-order valence-corrected chi connectivity index (χ3v) is 5.38. The predicted octanol–water partition coefficient (Wildman–Crippen LogP) is 5.29. The molecule has 1 aromatic carbocycles. The lowest BCUT2D eigenvalue weighted by Gasteiger charge is -2.30. The van der Waals surface area contributed by atoms with Crippen molar-refractivity contribution in [2.45, 2.75) is 31.6 Å². The van der Waals surface area contributed by atoms with E-state index in [9.17, 15) is 0 Å². The van der Waals surface area contributed by atoms with Crippen molar-refractivity contribution < 1.29 is 0 Å². The fraction of sp³-hybridized carbons (Fsp3) is 0.316. The summed E-state index contributed by atoms with van der Waals surface area (Å²) < 4.78 is 0. The molecule has 2 atom stereocenters. The Labute approximate surface area is 132 Å². The van der Waals surface area contributed by atoms with E-state index >= 15 is 0 Å². The second-order valence-corrected chi connectivity index (χ2v) is 7.14. The van der Waals surface area contributed by atoms with Gasteiger partial charge in [-0.15, -0.1) is 18.3 Å². The normalized spacial score (nSPS) is 22.2. The lowest BCUT2D eigenvalue weighted by molar-refractivity contribution is 0.823. The maximum atomic E-state index is 4.28. The first-order valence-electron chi connectivity index (χ1n) is 7.44. The SMILES string of the molecule is C=C(C)CC1SCC(=C)N1c1ccccc1C(C)C1=C[CH]1. The van der Waals surface area contributed by atoms with Gasteiger partial charge in [-0.1, -0.05) is 48.9 Å². The van der Waals surface area contributed by atoms with Gasteiger partial charge in [-0.25, -0.2) is 0 Å². The summed E-state index contributed by atoms with van der Waals surface area (Å²) in [6.45, 7) is 12.8. The summed E-state index contributed by atoms with van der Waals surface area (Å²) in [6.07, 6.45) is 5.43. The van der Waals surface area contributed by atoms with Gasteiger partial charge in [-0.05, 0) is 25.0 Å². The van der Waals surface area contributed by atoms with Gasteiger partial charge in [0.25, 0.3) is 0 Å². The average molecular weight is 296 g/mol. The van der Waals surface area contributed by atoms with Gasteiger partial charge < -0.3 is 4.90 Å². The van der Waals surface area contributed by atoms with Gasteiger partial charge >= 0.3 is 0 Å². The number of hydrogen-bond acceptors (Lipinski definition) is 2. The van der Waals surface area contributed by atoms with Crippen LogP contribution in [0.25, 0.3) is 0 Å². The molecule has 0 bridgehead atoms. The van der Waals surface area contributed by atoms with E-state index in [4.69, 9.17) is 0 Å². The molecule has 0 spiro atoms. The Morgan fingerprint density at radius 1 is 1.43 bits per heavy atom. The number of nitrogens with zero attached hydrogens (tertiary/aromatic N) is 1. The Balaban J connectivity index is 1.96. The summed E-state index contributed by atoms with van der Waals surface area (Å²) in [6, 6.07) is 8.75. The van der Waals surface area contributed by atoms with Crippen LogP contribution in [-0.4, -0.2) is 11.1 Å². The maximum absolute atomic E-state index is 4.28. The van der Waals surface area contributed by atoms with Gasteiger partial charge in [0, 0.05) is 29.5 Å². The molecule has 0 saturated carbocycles. The van der Waals surface area contributed by atoms with E-state index in [0.717, 1.165) is 12.2 Å². The number of anilines is 1. The first-order chi connectivity index (χ1) is 10.1. The standard InChI is InChI=1S/C19H22NS/c1-13(2)11-19-20(14(3)12-21-19)18-8-6-5-7-17(18)15(4)16-9-10-16/h5-10,15,19H,1,3,11-12H2,2,4H3.